The Hall–Kier alpha value is -3.34. The minimum atomic E-state index is -0.732. The Morgan fingerprint density at radius 1 is 1.04 bits per heavy atom. The molecular formula is C22H21NO4. The van der Waals surface area contributed by atoms with Crippen molar-refractivity contribution in [2.24, 2.45) is 0 Å². The zero-order valence-electron chi connectivity index (χ0n) is 15.2. The van der Waals surface area contributed by atoms with Gasteiger partial charge in [-0.05, 0) is 47.9 Å². The molecule has 0 spiro atoms. The Bertz CT molecular complexity index is 997. The first kappa shape index (κ1) is 18.5. The Labute approximate surface area is 157 Å². The van der Waals surface area contributed by atoms with Crippen molar-refractivity contribution >= 4 is 22.6 Å². The first-order valence-electron chi connectivity index (χ1n) is 8.69. The van der Waals surface area contributed by atoms with Gasteiger partial charge in [0.15, 0.2) is 6.61 Å². The lowest BCUT2D eigenvalue weighted by Gasteiger charge is -2.15. The lowest BCUT2D eigenvalue weighted by atomic mass is 10.0. The number of benzene rings is 3. The van der Waals surface area contributed by atoms with Crippen LogP contribution < -0.4 is 5.32 Å². The van der Waals surface area contributed by atoms with Gasteiger partial charge in [0.25, 0.3) is 5.91 Å². The SMILES string of the molecule is Cc1cccc(C(=O)OCC(=O)NC(C)c2ccc3ccccc3c2)c1O. The minimum Gasteiger partial charge on any atom is -0.507 e. The van der Waals surface area contributed by atoms with E-state index in [2.05, 4.69) is 5.32 Å². The van der Waals surface area contributed by atoms with Gasteiger partial charge in [-0.15, -0.1) is 0 Å². The number of carbonyl (C=O) groups is 2. The van der Waals surface area contributed by atoms with E-state index in [0.29, 0.717) is 5.56 Å². The number of ether oxygens (including phenoxy) is 1. The standard InChI is InChI=1S/C22H21NO4/c1-14-6-5-9-19(21(14)25)22(26)27-13-20(24)23-15(2)17-11-10-16-7-3-4-8-18(16)12-17/h3-12,15,25H,13H2,1-2H3,(H,23,24). The van der Waals surface area contributed by atoms with Gasteiger partial charge in [0.05, 0.1) is 6.04 Å². The second kappa shape index (κ2) is 7.91. The summed E-state index contributed by atoms with van der Waals surface area (Å²) in [6, 6.07) is 18.6. The van der Waals surface area contributed by atoms with Gasteiger partial charge in [-0.2, -0.15) is 0 Å². The number of rotatable bonds is 5. The maximum absolute atomic E-state index is 12.1. The van der Waals surface area contributed by atoms with Crippen LogP contribution in [0.5, 0.6) is 5.75 Å². The summed E-state index contributed by atoms with van der Waals surface area (Å²) in [5, 5.41) is 15.0. The monoisotopic (exact) mass is 363 g/mol. The summed E-state index contributed by atoms with van der Waals surface area (Å²) in [5.41, 5.74) is 1.58. The van der Waals surface area contributed by atoms with E-state index in [4.69, 9.17) is 4.74 Å². The molecular weight excluding hydrogens is 342 g/mol. The van der Waals surface area contributed by atoms with Gasteiger partial charge >= 0.3 is 5.97 Å². The van der Waals surface area contributed by atoms with Crippen LogP contribution in [0.2, 0.25) is 0 Å². The normalized spacial score (nSPS) is 11.8. The summed E-state index contributed by atoms with van der Waals surface area (Å²) in [6.45, 7) is 3.14. The fraction of sp³-hybridized carbons (Fsp3) is 0.182. The van der Waals surface area contributed by atoms with Crippen LogP contribution in [-0.4, -0.2) is 23.6 Å². The number of hydrogen-bond acceptors (Lipinski definition) is 4. The van der Waals surface area contributed by atoms with Gasteiger partial charge < -0.3 is 15.2 Å². The average Bonchev–Trinajstić information content (AvgIpc) is 2.67. The minimum absolute atomic E-state index is 0.0466. The van der Waals surface area contributed by atoms with Gasteiger partial charge in [0.2, 0.25) is 0 Å². The second-order valence-corrected chi connectivity index (χ2v) is 6.44. The number of phenolic OH excluding ortho intramolecular Hbond substituents is 1. The summed E-state index contributed by atoms with van der Waals surface area (Å²) >= 11 is 0. The summed E-state index contributed by atoms with van der Waals surface area (Å²) in [6.07, 6.45) is 0. The second-order valence-electron chi connectivity index (χ2n) is 6.44. The molecule has 1 atom stereocenters. The highest BCUT2D eigenvalue weighted by atomic mass is 16.5. The number of aromatic hydroxyl groups is 1. The first-order chi connectivity index (χ1) is 13.0. The van der Waals surface area contributed by atoms with Crippen molar-refractivity contribution < 1.29 is 19.4 Å². The Balaban J connectivity index is 1.59. The molecule has 3 aromatic carbocycles. The highest BCUT2D eigenvalue weighted by molar-refractivity contribution is 5.94. The third kappa shape index (κ3) is 4.26. The number of amides is 1. The van der Waals surface area contributed by atoms with Crippen LogP contribution in [0.3, 0.4) is 0 Å². The smallest absolute Gasteiger partial charge is 0.342 e. The van der Waals surface area contributed by atoms with E-state index in [1.807, 2.05) is 49.4 Å². The van der Waals surface area contributed by atoms with E-state index in [0.717, 1.165) is 16.3 Å². The van der Waals surface area contributed by atoms with Crippen molar-refractivity contribution in [1.82, 2.24) is 5.32 Å². The van der Waals surface area contributed by atoms with Crippen molar-refractivity contribution in [2.45, 2.75) is 19.9 Å². The van der Waals surface area contributed by atoms with E-state index in [1.54, 1.807) is 19.1 Å². The maximum Gasteiger partial charge on any atom is 0.342 e. The van der Waals surface area contributed by atoms with E-state index < -0.39 is 18.5 Å². The van der Waals surface area contributed by atoms with Crippen LogP contribution in [0, 0.1) is 6.92 Å². The van der Waals surface area contributed by atoms with Crippen LogP contribution in [0.15, 0.2) is 60.7 Å². The summed E-state index contributed by atoms with van der Waals surface area (Å²) in [7, 11) is 0. The molecule has 1 unspecified atom stereocenters. The molecule has 0 aromatic heterocycles. The van der Waals surface area contributed by atoms with Crippen molar-refractivity contribution in [3.63, 3.8) is 0 Å². The third-order valence-corrected chi connectivity index (χ3v) is 4.44. The topological polar surface area (TPSA) is 75.6 Å². The maximum atomic E-state index is 12.1. The molecule has 0 bridgehead atoms. The number of carbonyl (C=O) groups excluding carboxylic acids is 2. The summed E-state index contributed by atoms with van der Waals surface area (Å²) in [4.78, 5) is 24.2. The number of hydrogen-bond donors (Lipinski definition) is 2. The summed E-state index contributed by atoms with van der Waals surface area (Å²) in [5.74, 6) is -1.27. The van der Waals surface area contributed by atoms with Gasteiger partial charge in [-0.3, -0.25) is 4.79 Å². The molecule has 2 N–H and O–H groups in total. The van der Waals surface area contributed by atoms with Gasteiger partial charge in [-0.1, -0.05) is 48.5 Å². The number of esters is 1. The fourth-order valence-corrected chi connectivity index (χ4v) is 2.88. The highest BCUT2D eigenvalue weighted by Crippen LogP contribution is 2.22. The average molecular weight is 363 g/mol. The predicted molar refractivity (Wildman–Crippen MR) is 104 cm³/mol. The van der Waals surface area contributed by atoms with Gasteiger partial charge in [-0.25, -0.2) is 4.79 Å². The van der Waals surface area contributed by atoms with E-state index >= 15 is 0 Å². The molecule has 0 saturated heterocycles. The van der Waals surface area contributed by atoms with Crippen LogP contribution in [0.25, 0.3) is 10.8 Å². The first-order valence-corrected chi connectivity index (χ1v) is 8.69. The van der Waals surface area contributed by atoms with E-state index in [-0.39, 0.29) is 17.4 Å². The molecule has 0 aliphatic rings. The number of phenols is 1. The molecule has 5 nitrogen and oxygen atoms in total. The highest BCUT2D eigenvalue weighted by Gasteiger charge is 2.16. The van der Waals surface area contributed by atoms with Crippen LogP contribution in [-0.2, 0) is 9.53 Å². The molecule has 138 valence electrons. The largest absolute Gasteiger partial charge is 0.507 e. The molecule has 1 amide bonds. The lowest BCUT2D eigenvalue weighted by Crippen LogP contribution is -2.31. The number of aryl methyl sites for hydroxylation is 1. The Morgan fingerprint density at radius 3 is 2.56 bits per heavy atom. The Morgan fingerprint density at radius 2 is 1.78 bits per heavy atom. The van der Waals surface area contributed by atoms with Crippen LogP contribution in [0.4, 0.5) is 0 Å². The van der Waals surface area contributed by atoms with Gasteiger partial charge in [0, 0.05) is 0 Å². The number of para-hydroxylation sites is 1. The zero-order chi connectivity index (χ0) is 19.4. The molecule has 27 heavy (non-hydrogen) atoms. The quantitative estimate of drug-likeness (QED) is 0.675. The predicted octanol–water partition coefficient (Wildman–Crippen LogP) is 3.89. The third-order valence-electron chi connectivity index (χ3n) is 4.44. The number of nitrogens with one attached hydrogen (secondary N) is 1. The van der Waals surface area contributed by atoms with Crippen molar-refractivity contribution in [1.29, 1.82) is 0 Å². The van der Waals surface area contributed by atoms with Gasteiger partial charge in [0.1, 0.15) is 11.3 Å². The molecule has 0 fully saturated rings. The zero-order valence-corrected chi connectivity index (χ0v) is 15.2. The molecule has 3 aromatic rings. The fourth-order valence-electron chi connectivity index (χ4n) is 2.88. The molecule has 0 aliphatic carbocycles. The lowest BCUT2D eigenvalue weighted by molar-refractivity contribution is -0.124. The molecule has 0 heterocycles. The van der Waals surface area contributed by atoms with E-state index in [9.17, 15) is 14.7 Å². The Kier molecular flexibility index (Phi) is 5.41. The van der Waals surface area contributed by atoms with Crippen molar-refractivity contribution in [2.75, 3.05) is 6.61 Å². The molecule has 0 radical (unpaired) electrons. The molecule has 0 aliphatic heterocycles. The summed E-state index contributed by atoms with van der Waals surface area (Å²) < 4.78 is 5.02. The molecule has 3 rings (SSSR count). The molecule has 5 heteroatoms. The molecule has 0 saturated carbocycles. The van der Waals surface area contributed by atoms with E-state index in [1.165, 1.54) is 6.07 Å². The number of fused-ring (bicyclic) bond motifs is 1. The van der Waals surface area contributed by atoms with Crippen LogP contribution in [0.1, 0.15) is 34.5 Å². The van der Waals surface area contributed by atoms with Crippen molar-refractivity contribution in [3.05, 3.63) is 77.4 Å². The van der Waals surface area contributed by atoms with Crippen molar-refractivity contribution in [3.8, 4) is 5.75 Å². The van der Waals surface area contributed by atoms with Crippen LogP contribution >= 0.6 is 0 Å².